The first-order valence-corrected chi connectivity index (χ1v) is 6.38. The number of rotatable bonds is 3. The molecule has 2 aromatic carbocycles. The lowest BCUT2D eigenvalue weighted by atomic mass is 10.1. The zero-order valence-corrected chi connectivity index (χ0v) is 11.1. The van der Waals surface area contributed by atoms with Crippen molar-refractivity contribution < 1.29 is 9.53 Å². The second kappa shape index (κ2) is 5.17. The van der Waals surface area contributed by atoms with E-state index < -0.39 is 0 Å². The fraction of sp³-hybridized carbons (Fsp3) is 0.125. The van der Waals surface area contributed by atoms with Crippen LogP contribution in [0.25, 0.3) is 11.0 Å². The summed E-state index contributed by atoms with van der Waals surface area (Å²) in [5.74, 6) is 0.480. The fourth-order valence-electron chi connectivity index (χ4n) is 2.24. The number of para-hydroxylation sites is 1. The highest BCUT2D eigenvalue weighted by atomic mass is 16.5. The van der Waals surface area contributed by atoms with E-state index in [1.807, 2.05) is 30.3 Å². The van der Waals surface area contributed by atoms with E-state index in [-0.39, 0.29) is 5.97 Å². The van der Waals surface area contributed by atoms with Crippen LogP contribution in [0.3, 0.4) is 0 Å². The topological polar surface area (TPSA) is 55.0 Å². The van der Waals surface area contributed by atoms with Crippen molar-refractivity contribution in [3.8, 4) is 0 Å². The quantitative estimate of drug-likeness (QED) is 0.741. The van der Waals surface area contributed by atoms with Gasteiger partial charge in [-0.05, 0) is 17.7 Å². The van der Waals surface area contributed by atoms with Gasteiger partial charge in [0.25, 0.3) is 0 Å². The molecule has 0 amide bonds. The number of imidazole rings is 1. The maximum absolute atomic E-state index is 11.7. The first kappa shape index (κ1) is 12.4. The number of aromatic amines is 1. The number of H-pyrrole nitrogens is 1. The lowest BCUT2D eigenvalue weighted by Gasteiger charge is -1.99. The number of carbonyl (C=O) groups excluding carboxylic acids is 1. The van der Waals surface area contributed by atoms with Crippen molar-refractivity contribution in [1.82, 2.24) is 9.97 Å². The first-order chi connectivity index (χ1) is 9.78. The maximum atomic E-state index is 11.7. The largest absolute Gasteiger partial charge is 0.465 e. The molecule has 1 N–H and O–H groups in total. The number of esters is 1. The van der Waals surface area contributed by atoms with Crippen LogP contribution in [0.1, 0.15) is 21.7 Å². The summed E-state index contributed by atoms with van der Waals surface area (Å²) in [5.41, 5.74) is 3.19. The number of hydrogen-bond donors (Lipinski definition) is 1. The highest BCUT2D eigenvalue weighted by molar-refractivity contribution is 6.01. The zero-order chi connectivity index (χ0) is 13.9. The Morgan fingerprint density at radius 1 is 1.15 bits per heavy atom. The highest BCUT2D eigenvalue weighted by Gasteiger charge is 2.13. The number of aromatic nitrogens is 2. The molecule has 1 heterocycles. The van der Waals surface area contributed by atoms with Crippen molar-refractivity contribution in [3.63, 3.8) is 0 Å². The minimum Gasteiger partial charge on any atom is -0.465 e. The van der Waals surface area contributed by atoms with Gasteiger partial charge in [-0.1, -0.05) is 36.4 Å². The summed E-state index contributed by atoms with van der Waals surface area (Å²) in [6.07, 6.45) is 0.704. The molecule has 0 saturated heterocycles. The van der Waals surface area contributed by atoms with Crippen molar-refractivity contribution in [2.45, 2.75) is 6.42 Å². The van der Waals surface area contributed by atoms with E-state index >= 15 is 0 Å². The fourth-order valence-corrected chi connectivity index (χ4v) is 2.24. The van der Waals surface area contributed by atoms with Crippen molar-refractivity contribution in [2.24, 2.45) is 0 Å². The standard InChI is InChI=1S/C16H14N2O2/c1-20-16(19)12-8-5-9-13-15(12)18-14(17-13)10-11-6-3-2-4-7-11/h2-9H,10H2,1H3,(H,17,18). The van der Waals surface area contributed by atoms with E-state index in [9.17, 15) is 4.79 Å². The van der Waals surface area contributed by atoms with Crippen LogP contribution in [0.15, 0.2) is 48.5 Å². The average Bonchev–Trinajstić information content (AvgIpc) is 2.89. The summed E-state index contributed by atoms with van der Waals surface area (Å²) in [5, 5.41) is 0. The van der Waals surface area contributed by atoms with Gasteiger partial charge in [0.15, 0.2) is 0 Å². The second-order valence-electron chi connectivity index (χ2n) is 4.54. The number of ether oxygens (including phenoxy) is 1. The van der Waals surface area contributed by atoms with Gasteiger partial charge in [0, 0.05) is 6.42 Å². The molecule has 0 fully saturated rings. The van der Waals surface area contributed by atoms with Crippen LogP contribution in [0.4, 0.5) is 0 Å². The Hall–Kier alpha value is -2.62. The molecule has 0 unspecified atom stereocenters. The molecule has 0 bridgehead atoms. The molecule has 0 aliphatic heterocycles. The van der Waals surface area contributed by atoms with Gasteiger partial charge in [0.05, 0.1) is 23.7 Å². The second-order valence-corrected chi connectivity index (χ2v) is 4.54. The van der Waals surface area contributed by atoms with Gasteiger partial charge in [-0.25, -0.2) is 9.78 Å². The average molecular weight is 266 g/mol. The minimum atomic E-state index is -0.356. The molecule has 0 aliphatic carbocycles. The number of carbonyl (C=O) groups is 1. The molecule has 0 atom stereocenters. The third-order valence-corrected chi connectivity index (χ3v) is 3.19. The van der Waals surface area contributed by atoms with Crippen LogP contribution in [0, 0.1) is 0 Å². The first-order valence-electron chi connectivity index (χ1n) is 6.38. The zero-order valence-electron chi connectivity index (χ0n) is 11.1. The summed E-state index contributed by atoms with van der Waals surface area (Å²) in [4.78, 5) is 19.5. The Morgan fingerprint density at radius 3 is 2.70 bits per heavy atom. The molecule has 0 radical (unpaired) electrons. The summed E-state index contributed by atoms with van der Waals surface area (Å²) >= 11 is 0. The van der Waals surface area contributed by atoms with Crippen molar-refractivity contribution in [2.75, 3.05) is 7.11 Å². The molecule has 0 aliphatic rings. The minimum absolute atomic E-state index is 0.356. The van der Waals surface area contributed by atoms with Gasteiger partial charge < -0.3 is 9.72 Å². The van der Waals surface area contributed by atoms with Crippen LogP contribution in [-0.2, 0) is 11.2 Å². The van der Waals surface area contributed by atoms with E-state index in [2.05, 4.69) is 22.1 Å². The predicted octanol–water partition coefficient (Wildman–Crippen LogP) is 2.94. The maximum Gasteiger partial charge on any atom is 0.340 e. The summed E-state index contributed by atoms with van der Waals surface area (Å²) in [6.45, 7) is 0. The third-order valence-electron chi connectivity index (χ3n) is 3.19. The van der Waals surface area contributed by atoms with Crippen molar-refractivity contribution in [1.29, 1.82) is 0 Å². The summed E-state index contributed by atoms with van der Waals surface area (Å²) in [7, 11) is 1.38. The summed E-state index contributed by atoms with van der Waals surface area (Å²) < 4.78 is 4.79. The molecular weight excluding hydrogens is 252 g/mol. The molecule has 20 heavy (non-hydrogen) atoms. The van der Waals surface area contributed by atoms with Crippen LogP contribution >= 0.6 is 0 Å². The van der Waals surface area contributed by atoms with Crippen LogP contribution in [0.2, 0.25) is 0 Å². The Kier molecular flexibility index (Phi) is 3.21. The van der Waals surface area contributed by atoms with E-state index in [0.717, 1.165) is 16.9 Å². The smallest absolute Gasteiger partial charge is 0.340 e. The van der Waals surface area contributed by atoms with Gasteiger partial charge in [0.1, 0.15) is 5.82 Å². The summed E-state index contributed by atoms with van der Waals surface area (Å²) in [6, 6.07) is 15.5. The Bertz CT molecular complexity index is 748. The van der Waals surface area contributed by atoms with Gasteiger partial charge in [0.2, 0.25) is 0 Å². The van der Waals surface area contributed by atoms with Crippen LogP contribution in [0.5, 0.6) is 0 Å². The Labute approximate surface area is 116 Å². The number of fused-ring (bicyclic) bond motifs is 1. The highest BCUT2D eigenvalue weighted by Crippen LogP contribution is 2.18. The molecular formula is C16H14N2O2. The van der Waals surface area contributed by atoms with Crippen LogP contribution in [-0.4, -0.2) is 23.0 Å². The molecule has 4 heteroatoms. The lowest BCUT2D eigenvalue weighted by molar-refractivity contribution is 0.0603. The van der Waals surface area contributed by atoms with E-state index in [1.54, 1.807) is 6.07 Å². The number of methoxy groups -OCH3 is 1. The van der Waals surface area contributed by atoms with Gasteiger partial charge >= 0.3 is 5.97 Å². The van der Waals surface area contributed by atoms with Crippen molar-refractivity contribution >= 4 is 17.0 Å². The molecule has 4 nitrogen and oxygen atoms in total. The molecule has 1 aromatic heterocycles. The molecule has 100 valence electrons. The van der Waals surface area contributed by atoms with Crippen molar-refractivity contribution in [3.05, 3.63) is 65.5 Å². The number of hydrogen-bond acceptors (Lipinski definition) is 3. The third kappa shape index (κ3) is 2.28. The van der Waals surface area contributed by atoms with Crippen LogP contribution < -0.4 is 0 Å². The monoisotopic (exact) mass is 266 g/mol. The SMILES string of the molecule is COC(=O)c1cccc2nc(Cc3ccccc3)[nH]c12. The van der Waals surface area contributed by atoms with E-state index in [0.29, 0.717) is 12.0 Å². The number of nitrogens with one attached hydrogen (secondary N) is 1. The number of nitrogens with zero attached hydrogens (tertiary/aromatic N) is 1. The number of benzene rings is 2. The molecule has 0 spiro atoms. The molecule has 3 rings (SSSR count). The Morgan fingerprint density at radius 2 is 1.95 bits per heavy atom. The molecule has 0 saturated carbocycles. The van der Waals surface area contributed by atoms with Gasteiger partial charge in [-0.15, -0.1) is 0 Å². The Balaban J connectivity index is 2.00. The lowest BCUT2D eigenvalue weighted by Crippen LogP contribution is -2.01. The van der Waals surface area contributed by atoms with E-state index in [4.69, 9.17) is 4.74 Å². The van der Waals surface area contributed by atoms with E-state index in [1.165, 1.54) is 12.7 Å². The van der Waals surface area contributed by atoms with Gasteiger partial charge in [-0.3, -0.25) is 0 Å². The normalized spacial score (nSPS) is 10.7. The molecule has 3 aromatic rings. The predicted molar refractivity (Wildman–Crippen MR) is 76.7 cm³/mol. The van der Waals surface area contributed by atoms with Gasteiger partial charge in [-0.2, -0.15) is 0 Å².